The van der Waals surface area contributed by atoms with Crippen LogP contribution in [0, 0.1) is 5.92 Å². The molecule has 2 aliphatic heterocycles. The van der Waals surface area contributed by atoms with Crippen LogP contribution in [-0.2, 0) is 21.8 Å². The van der Waals surface area contributed by atoms with E-state index >= 15 is 0 Å². The second-order valence-electron chi connectivity index (χ2n) is 7.29. The number of aromatic nitrogens is 2. The third-order valence-electron chi connectivity index (χ3n) is 4.82. The van der Waals surface area contributed by atoms with Gasteiger partial charge >= 0.3 is 0 Å². The van der Waals surface area contributed by atoms with Crippen LogP contribution in [0.2, 0.25) is 0 Å². The Morgan fingerprint density at radius 3 is 2.50 bits per heavy atom. The number of rotatable bonds is 6. The lowest BCUT2D eigenvalue weighted by molar-refractivity contribution is -0.0158. The molecule has 0 bridgehead atoms. The van der Waals surface area contributed by atoms with Crippen molar-refractivity contribution >= 4 is 10.0 Å². The van der Waals surface area contributed by atoms with Gasteiger partial charge in [0.2, 0.25) is 0 Å². The van der Waals surface area contributed by atoms with Crippen LogP contribution < -0.4 is 0 Å². The predicted octanol–water partition coefficient (Wildman–Crippen LogP) is 0.930. The van der Waals surface area contributed by atoms with E-state index in [0.717, 1.165) is 32.6 Å². The van der Waals surface area contributed by atoms with Gasteiger partial charge in [-0.05, 0) is 18.8 Å². The summed E-state index contributed by atoms with van der Waals surface area (Å²) < 4.78 is 33.9. The average Bonchev–Trinajstić information content (AvgIpc) is 2.92. The highest BCUT2D eigenvalue weighted by molar-refractivity contribution is 7.89. The van der Waals surface area contributed by atoms with Gasteiger partial charge in [-0.3, -0.25) is 4.90 Å². The molecule has 136 valence electrons. The monoisotopic (exact) mass is 356 g/mol. The molecule has 2 fully saturated rings. The van der Waals surface area contributed by atoms with Crippen LogP contribution in [0.1, 0.15) is 26.7 Å². The smallest absolute Gasteiger partial charge is 0.262 e. The molecular weight excluding hydrogens is 328 g/mol. The van der Waals surface area contributed by atoms with E-state index in [4.69, 9.17) is 4.74 Å². The molecule has 0 N–H and O–H groups in total. The number of nitrogens with zero attached hydrogens (tertiary/aromatic N) is 4. The number of hydrogen-bond donors (Lipinski definition) is 0. The number of ether oxygens (including phenoxy) is 1. The molecule has 1 aromatic heterocycles. The molecule has 7 nitrogen and oxygen atoms in total. The molecule has 0 spiro atoms. The van der Waals surface area contributed by atoms with Gasteiger partial charge in [0, 0.05) is 58.2 Å². The molecule has 0 radical (unpaired) electrons. The maximum absolute atomic E-state index is 12.6. The fourth-order valence-electron chi connectivity index (χ4n) is 3.51. The van der Waals surface area contributed by atoms with Crippen LogP contribution in [0.15, 0.2) is 17.6 Å². The van der Waals surface area contributed by atoms with Gasteiger partial charge in [-0.1, -0.05) is 13.8 Å². The highest BCUT2D eigenvalue weighted by atomic mass is 32.2. The first-order valence-corrected chi connectivity index (χ1v) is 10.1. The van der Waals surface area contributed by atoms with Crippen LogP contribution in [0.25, 0.3) is 0 Å². The summed E-state index contributed by atoms with van der Waals surface area (Å²) >= 11 is 0. The van der Waals surface area contributed by atoms with E-state index in [1.807, 2.05) is 0 Å². The third-order valence-corrected chi connectivity index (χ3v) is 6.54. The SMILES string of the molecule is CC(C)CN(C1CCOCC1)C1CN(S(=O)(=O)c2cn(C)cn2)C1. The fraction of sp³-hybridized carbons (Fsp3) is 0.812. The predicted molar refractivity (Wildman–Crippen MR) is 91.1 cm³/mol. The molecule has 24 heavy (non-hydrogen) atoms. The quantitative estimate of drug-likeness (QED) is 0.759. The zero-order valence-electron chi connectivity index (χ0n) is 14.8. The Bertz CT molecular complexity index is 646. The van der Waals surface area contributed by atoms with Crippen LogP contribution in [0.3, 0.4) is 0 Å². The molecule has 0 aliphatic carbocycles. The van der Waals surface area contributed by atoms with Crippen molar-refractivity contribution in [3.63, 3.8) is 0 Å². The largest absolute Gasteiger partial charge is 0.381 e. The molecule has 3 rings (SSSR count). The maximum atomic E-state index is 12.6. The minimum Gasteiger partial charge on any atom is -0.381 e. The molecule has 2 aliphatic rings. The first kappa shape index (κ1) is 17.8. The molecule has 0 aromatic carbocycles. The van der Waals surface area contributed by atoms with Crippen molar-refractivity contribution in [2.24, 2.45) is 13.0 Å². The van der Waals surface area contributed by atoms with Crippen molar-refractivity contribution in [3.05, 3.63) is 12.5 Å². The first-order valence-electron chi connectivity index (χ1n) is 8.69. The van der Waals surface area contributed by atoms with E-state index in [2.05, 4.69) is 23.7 Å². The second-order valence-corrected chi connectivity index (χ2v) is 9.17. The summed E-state index contributed by atoms with van der Waals surface area (Å²) in [5.74, 6) is 0.564. The molecule has 0 atom stereocenters. The van der Waals surface area contributed by atoms with Crippen molar-refractivity contribution in [1.82, 2.24) is 18.8 Å². The zero-order valence-corrected chi connectivity index (χ0v) is 15.6. The van der Waals surface area contributed by atoms with Crippen molar-refractivity contribution in [1.29, 1.82) is 0 Å². The van der Waals surface area contributed by atoms with Crippen molar-refractivity contribution < 1.29 is 13.2 Å². The highest BCUT2D eigenvalue weighted by Crippen LogP contribution is 2.27. The van der Waals surface area contributed by atoms with E-state index in [1.54, 1.807) is 22.1 Å². The van der Waals surface area contributed by atoms with E-state index in [0.29, 0.717) is 31.1 Å². The normalized spacial score (nSPS) is 21.5. The molecule has 0 unspecified atom stereocenters. The standard InChI is InChI=1S/C16H28N4O3S/c1-13(2)8-20(14-4-6-23-7-5-14)15-9-19(10-15)24(21,22)16-11-18(3)12-17-16/h11-15H,4-10H2,1-3H3. The summed E-state index contributed by atoms with van der Waals surface area (Å²) in [6.07, 6.45) is 5.16. The van der Waals surface area contributed by atoms with Crippen molar-refractivity contribution in [2.45, 2.75) is 43.8 Å². The summed E-state index contributed by atoms with van der Waals surface area (Å²) in [5, 5.41) is 0.143. The van der Waals surface area contributed by atoms with Crippen LogP contribution in [0.4, 0.5) is 0 Å². The van der Waals surface area contributed by atoms with Gasteiger partial charge in [0.25, 0.3) is 10.0 Å². The maximum Gasteiger partial charge on any atom is 0.262 e. The summed E-state index contributed by atoms with van der Waals surface area (Å²) in [6.45, 7) is 8.17. The van der Waals surface area contributed by atoms with E-state index in [1.165, 1.54) is 6.33 Å². The first-order chi connectivity index (χ1) is 11.4. The Hall–Kier alpha value is -0.960. The van der Waals surface area contributed by atoms with Crippen molar-refractivity contribution in [2.75, 3.05) is 32.8 Å². The molecule has 0 amide bonds. The van der Waals surface area contributed by atoms with Gasteiger partial charge < -0.3 is 9.30 Å². The molecule has 3 heterocycles. The van der Waals surface area contributed by atoms with E-state index < -0.39 is 10.0 Å². The minimum atomic E-state index is -3.46. The Kier molecular flexibility index (Phi) is 5.29. The molecule has 1 aromatic rings. The van der Waals surface area contributed by atoms with Gasteiger partial charge in [-0.2, -0.15) is 4.31 Å². The van der Waals surface area contributed by atoms with Crippen LogP contribution in [0.5, 0.6) is 0 Å². The Morgan fingerprint density at radius 1 is 1.29 bits per heavy atom. The minimum absolute atomic E-state index is 0.143. The number of aryl methyl sites for hydroxylation is 1. The second kappa shape index (κ2) is 7.11. The fourth-order valence-corrected chi connectivity index (χ4v) is 4.99. The van der Waals surface area contributed by atoms with E-state index in [9.17, 15) is 8.42 Å². The lowest BCUT2D eigenvalue weighted by atomic mass is 9.99. The summed E-state index contributed by atoms with van der Waals surface area (Å²) in [7, 11) is -1.68. The summed E-state index contributed by atoms with van der Waals surface area (Å²) in [6, 6.07) is 0.805. The number of hydrogen-bond acceptors (Lipinski definition) is 5. The molecule has 2 saturated heterocycles. The number of imidazole rings is 1. The van der Waals surface area contributed by atoms with Crippen LogP contribution in [-0.4, -0.2) is 72.1 Å². The summed E-state index contributed by atoms with van der Waals surface area (Å²) in [5.41, 5.74) is 0. The summed E-state index contributed by atoms with van der Waals surface area (Å²) in [4.78, 5) is 6.51. The van der Waals surface area contributed by atoms with Gasteiger partial charge in [-0.15, -0.1) is 0 Å². The van der Waals surface area contributed by atoms with Gasteiger partial charge in [0.1, 0.15) is 0 Å². The Balaban J connectivity index is 1.66. The van der Waals surface area contributed by atoms with Gasteiger partial charge in [0.05, 0.1) is 6.33 Å². The van der Waals surface area contributed by atoms with E-state index in [-0.39, 0.29) is 5.03 Å². The van der Waals surface area contributed by atoms with Gasteiger partial charge in [-0.25, -0.2) is 13.4 Å². The molecular formula is C16H28N4O3S. The van der Waals surface area contributed by atoms with Crippen LogP contribution >= 0.6 is 0 Å². The highest BCUT2D eigenvalue weighted by Gasteiger charge is 2.42. The topological polar surface area (TPSA) is 67.7 Å². The molecule has 0 saturated carbocycles. The zero-order chi connectivity index (χ0) is 17.3. The van der Waals surface area contributed by atoms with Gasteiger partial charge in [0.15, 0.2) is 5.03 Å². The lowest BCUT2D eigenvalue weighted by Gasteiger charge is -2.48. The Labute approximate surface area is 144 Å². The lowest BCUT2D eigenvalue weighted by Crippen LogP contribution is -2.64. The number of sulfonamides is 1. The third kappa shape index (κ3) is 3.66. The molecule has 8 heteroatoms. The average molecular weight is 356 g/mol. The van der Waals surface area contributed by atoms with Crippen molar-refractivity contribution in [3.8, 4) is 0 Å². The Morgan fingerprint density at radius 2 is 1.96 bits per heavy atom.